The van der Waals surface area contributed by atoms with E-state index in [2.05, 4.69) is 29.4 Å². The molecule has 3 N–H and O–H groups in total. The predicted octanol–water partition coefficient (Wildman–Crippen LogP) is 2.64. The average molecular weight is 320 g/mol. The Morgan fingerprint density at radius 1 is 1.45 bits per heavy atom. The Morgan fingerprint density at radius 3 is 2.91 bits per heavy atom. The lowest BCUT2D eigenvalue weighted by Gasteiger charge is -2.21. The molecule has 0 unspecified atom stereocenters. The zero-order valence-corrected chi connectivity index (χ0v) is 14.2. The number of aliphatic hydroxyl groups excluding tert-OH is 1. The Kier molecular flexibility index (Phi) is 5.91. The molecule has 0 aliphatic carbocycles. The van der Waals surface area contributed by atoms with E-state index in [0.717, 1.165) is 5.52 Å². The number of benzene rings is 1. The third-order valence-corrected chi connectivity index (χ3v) is 5.22. The van der Waals surface area contributed by atoms with E-state index in [1.807, 2.05) is 25.4 Å². The first-order chi connectivity index (χ1) is 10.6. The van der Waals surface area contributed by atoms with E-state index >= 15 is 0 Å². The Labute approximate surface area is 135 Å². The molecule has 4 nitrogen and oxygen atoms in total. The zero-order chi connectivity index (χ0) is 16.1. The molecule has 0 saturated heterocycles. The minimum Gasteiger partial charge on any atom is -0.395 e. The van der Waals surface area contributed by atoms with Gasteiger partial charge in [-0.05, 0) is 37.7 Å². The number of aromatic nitrogens is 1. The molecule has 2 aromatic rings. The van der Waals surface area contributed by atoms with Crippen LogP contribution in [0.5, 0.6) is 0 Å². The number of para-hydroxylation sites is 1. The highest BCUT2D eigenvalue weighted by Gasteiger charge is 2.17. The Morgan fingerprint density at radius 2 is 2.23 bits per heavy atom. The fourth-order valence-electron chi connectivity index (χ4n) is 2.67. The number of thioether (sulfide) groups is 1. The van der Waals surface area contributed by atoms with Crippen molar-refractivity contribution < 1.29 is 9.90 Å². The monoisotopic (exact) mass is 320 g/mol. The summed E-state index contributed by atoms with van der Waals surface area (Å²) < 4.78 is 0. The van der Waals surface area contributed by atoms with Crippen molar-refractivity contribution in [2.24, 2.45) is 0 Å². The number of hydrogen-bond acceptors (Lipinski definition) is 3. The van der Waals surface area contributed by atoms with Gasteiger partial charge in [0.2, 0.25) is 5.91 Å². The molecule has 0 bridgehead atoms. The summed E-state index contributed by atoms with van der Waals surface area (Å²) in [5.74, 6) is 0.0296. The van der Waals surface area contributed by atoms with Crippen LogP contribution in [0.4, 0.5) is 0 Å². The zero-order valence-electron chi connectivity index (χ0n) is 13.3. The molecule has 0 fully saturated rings. The molecule has 2 rings (SSSR count). The molecule has 2 atom stereocenters. The van der Waals surface area contributed by atoms with Crippen molar-refractivity contribution in [3.05, 3.63) is 35.5 Å². The number of rotatable bonds is 7. The number of amides is 1. The summed E-state index contributed by atoms with van der Waals surface area (Å²) in [7, 11) is 0. The van der Waals surface area contributed by atoms with Crippen molar-refractivity contribution >= 4 is 28.6 Å². The van der Waals surface area contributed by atoms with Gasteiger partial charge in [-0.15, -0.1) is 0 Å². The molecular formula is C17H24N2O2S. The lowest BCUT2D eigenvalue weighted by atomic mass is 10.1. The minimum atomic E-state index is -0.0299. The van der Waals surface area contributed by atoms with Crippen molar-refractivity contribution in [3.8, 4) is 0 Å². The van der Waals surface area contributed by atoms with E-state index in [0.29, 0.717) is 12.8 Å². The van der Waals surface area contributed by atoms with E-state index in [4.69, 9.17) is 0 Å². The molecule has 1 aromatic heterocycles. The molecule has 1 heterocycles. The SMILES string of the molecule is CS[C@H](CO)[C@@H](C)NC(=O)CCc1c[nH]c2c(C)cccc12. The fraction of sp³-hybridized carbons (Fsp3) is 0.471. The molecular weight excluding hydrogens is 296 g/mol. The normalized spacial score (nSPS) is 14.0. The first-order valence-corrected chi connectivity index (χ1v) is 8.84. The smallest absolute Gasteiger partial charge is 0.220 e. The second-order valence-electron chi connectivity index (χ2n) is 5.62. The number of aryl methyl sites for hydroxylation is 2. The van der Waals surface area contributed by atoms with Crippen LogP contribution in [0.25, 0.3) is 10.9 Å². The molecule has 1 aromatic carbocycles. The average Bonchev–Trinajstić information content (AvgIpc) is 2.91. The molecule has 0 radical (unpaired) electrons. The van der Waals surface area contributed by atoms with Crippen LogP contribution >= 0.6 is 11.8 Å². The second-order valence-corrected chi connectivity index (χ2v) is 6.70. The van der Waals surface area contributed by atoms with Gasteiger partial charge >= 0.3 is 0 Å². The van der Waals surface area contributed by atoms with Gasteiger partial charge in [-0.1, -0.05) is 18.2 Å². The van der Waals surface area contributed by atoms with Gasteiger partial charge in [-0.25, -0.2) is 0 Å². The van der Waals surface area contributed by atoms with Crippen LogP contribution in [-0.4, -0.2) is 40.2 Å². The van der Waals surface area contributed by atoms with Crippen LogP contribution in [0.2, 0.25) is 0 Å². The summed E-state index contributed by atoms with van der Waals surface area (Å²) in [6, 6.07) is 6.18. The molecule has 1 amide bonds. The molecule has 0 spiro atoms. The lowest BCUT2D eigenvalue weighted by Crippen LogP contribution is -2.41. The van der Waals surface area contributed by atoms with Crippen molar-refractivity contribution in [2.45, 2.75) is 38.0 Å². The van der Waals surface area contributed by atoms with E-state index in [-0.39, 0.29) is 23.8 Å². The summed E-state index contributed by atoms with van der Waals surface area (Å²) in [4.78, 5) is 15.4. The first-order valence-electron chi connectivity index (χ1n) is 7.55. The van der Waals surface area contributed by atoms with Gasteiger partial charge in [0.25, 0.3) is 0 Å². The van der Waals surface area contributed by atoms with Crippen molar-refractivity contribution in [3.63, 3.8) is 0 Å². The third-order valence-electron chi connectivity index (χ3n) is 4.06. The number of carbonyl (C=O) groups excluding carboxylic acids is 1. The quantitative estimate of drug-likeness (QED) is 0.735. The van der Waals surface area contributed by atoms with E-state index < -0.39 is 0 Å². The highest BCUT2D eigenvalue weighted by atomic mass is 32.2. The van der Waals surface area contributed by atoms with E-state index in [1.54, 1.807) is 11.8 Å². The lowest BCUT2D eigenvalue weighted by molar-refractivity contribution is -0.121. The number of fused-ring (bicyclic) bond motifs is 1. The van der Waals surface area contributed by atoms with Gasteiger partial charge in [0, 0.05) is 34.8 Å². The summed E-state index contributed by atoms with van der Waals surface area (Å²) in [6.45, 7) is 4.09. The first kappa shape index (κ1) is 16.9. The van der Waals surface area contributed by atoms with Crippen LogP contribution in [0.3, 0.4) is 0 Å². The number of aliphatic hydroxyl groups is 1. The maximum Gasteiger partial charge on any atom is 0.220 e. The maximum absolute atomic E-state index is 12.1. The number of hydrogen-bond donors (Lipinski definition) is 3. The van der Waals surface area contributed by atoms with Crippen molar-refractivity contribution in [2.75, 3.05) is 12.9 Å². The van der Waals surface area contributed by atoms with Gasteiger partial charge < -0.3 is 15.4 Å². The maximum atomic E-state index is 12.1. The number of carbonyl (C=O) groups is 1. The van der Waals surface area contributed by atoms with E-state index in [1.165, 1.54) is 16.5 Å². The molecule has 5 heteroatoms. The molecule has 0 saturated carbocycles. The molecule has 0 aliphatic rings. The van der Waals surface area contributed by atoms with Crippen LogP contribution in [0, 0.1) is 6.92 Å². The van der Waals surface area contributed by atoms with Crippen LogP contribution < -0.4 is 5.32 Å². The van der Waals surface area contributed by atoms with Gasteiger partial charge in [-0.2, -0.15) is 11.8 Å². The second kappa shape index (κ2) is 7.70. The molecule has 22 heavy (non-hydrogen) atoms. The largest absolute Gasteiger partial charge is 0.395 e. The molecule has 0 aliphatic heterocycles. The van der Waals surface area contributed by atoms with Crippen LogP contribution in [-0.2, 0) is 11.2 Å². The summed E-state index contributed by atoms with van der Waals surface area (Å²) in [5, 5.41) is 13.5. The van der Waals surface area contributed by atoms with E-state index in [9.17, 15) is 9.90 Å². The number of aromatic amines is 1. The minimum absolute atomic E-state index is 0.0296. The number of H-pyrrole nitrogens is 1. The summed E-state index contributed by atoms with van der Waals surface area (Å²) >= 11 is 1.57. The van der Waals surface area contributed by atoms with Crippen LogP contribution in [0.1, 0.15) is 24.5 Å². The van der Waals surface area contributed by atoms with Gasteiger partial charge in [-0.3, -0.25) is 4.79 Å². The summed E-state index contributed by atoms with van der Waals surface area (Å²) in [5.41, 5.74) is 3.53. The molecule has 120 valence electrons. The Hall–Kier alpha value is -1.46. The topological polar surface area (TPSA) is 65.1 Å². The predicted molar refractivity (Wildman–Crippen MR) is 93.4 cm³/mol. The fourth-order valence-corrected chi connectivity index (χ4v) is 3.30. The van der Waals surface area contributed by atoms with Crippen LogP contribution in [0.15, 0.2) is 24.4 Å². The number of nitrogens with one attached hydrogen (secondary N) is 2. The van der Waals surface area contributed by atoms with Gasteiger partial charge in [0.05, 0.1) is 6.61 Å². The third kappa shape index (κ3) is 3.84. The van der Waals surface area contributed by atoms with Gasteiger partial charge in [0.15, 0.2) is 0 Å². The van der Waals surface area contributed by atoms with Crippen molar-refractivity contribution in [1.29, 1.82) is 0 Å². The highest BCUT2D eigenvalue weighted by molar-refractivity contribution is 7.99. The van der Waals surface area contributed by atoms with Crippen molar-refractivity contribution in [1.82, 2.24) is 10.3 Å². The summed E-state index contributed by atoms with van der Waals surface area (Å²) in [6.07, 6.45) is 5.10. The highest BCUT2D eigenvalue weighted by Crippen LogP contribution is 2.22. The Balaban J connectivity index is 1.94. The van der Waals surface area contributed by atoms with Gasteiger partial charge in [0.1, 0.15) is 0 Å². The Bertz CT molecular complexity index is 635. The standard InChI is InChI=1S/C17H24N2O2S/c1-11-5-4-6-14-13(9-18-17(11)14)7-8-16(21)19-12(2)15(10-20)22-3/h4-6,9,12,15,18,20H,7-8,10H2,1-3H3,(H,19,21)/t12-,15-/m1/s1.